The number of methoxy groups -OCH3 is 4. The van der Waals surface area contributed by atoms with Gasteiger partial charge in [0.2, 0.25) is 17.5 Å². The van der Waals surface area contributed by atoms with Crippen LogP contribution in [0.15, 0.2) is 40.9 Å². The van der Waals surface area contributed by atoms with E-state index in [1.165, 1.54) is 21.3 Å². The minimum Gasteiger partial charge on any atom is -0.497 e. The fourth-order valence-electron chi connectivity index (χ4n) is 3.34. The van der Waals surface area contributed by atoms with Gasteiger partial charge in [0, 0.05) is 11.1 Å². The number of hydrogen-bond acceptors (Lipinski definition) is 8. The van der Waals surface area contributed by atoms with E-state index in [0.717, 1.165) is 6.42 Å². The summed E-state index contributed by atoms with van der Waals surface area (Å²) in [6, 6.07) is 9.90. The van der Waals surface area contributed by atoms with Gasteiger partial charge in [-0.1, -0.05) is 25.4 Å². The van der Waals surface area contributed by atoms with Crippen molar-refractivity contribution in [1.82, 2.24) is 15.5 Å². The lowest BCUT2D eigenvalue weighted by atomic mass is 9.98. The lowest BCUT2D eigenvalue weighted by Gasteiger charge is -2.20. The molecule has 0 aliphatic carbocycles. The normalized spacial score (nSPS) is 12.5. The molecule has 0 bridgehead atoms. The van der Waals surface area contributed by atoms with E-state index in [9.17, 15) is 4.79 Å². The van der Waals surface area contributed by atoms with Gasteiger partial charge < -0.3 is 28.8 Å². The van der Waals surface area contributed by atoms with E-state index in [0.29, 0.717) is 45.8 Å². The first kappa shape index (κ1) is 23.9. The summed E-state index contributed by atoms with van der Waals surface area (Å²) in [5, 5.41) is 7.15. The lowest BCUT2D eigenvalue weighted by Crippen LogP contribution is -2.32. The Kier molecular flexibility index (Phi) is 7.76. The maximum absolute atomic E-state index is 12.9. The number of amides is 1. The number of carbonyl (C=O) groups is 1. The van der Waals surface area contributed by atoms with Crippen LogP contribution < -0.4 is 24.3 Å². The van der Waals surface area contributed by atoms with Gasteiger partial charge in [0.1, 0.15) is 11.8 Å². The summed E-state index contributed by atoms with van der Waals surface area (Å²) in [6.45, 7) is 4.05. The summed E-state index contributed by atoms with van der Waals surface area (Å²) >= 11 is 0. The fraction of sp³-hybridized carbons (Fsp3) is 0.375. The number of ether oxygens (including phenoxy) is 4. The van der Waals surface area contributed by atoms with Crippen LogP contribution in [0.5, 0.6) is 23.0 Å². The van der Waals surface area contributed by atoms with Crippen LogP contribution in [-0.2, 0) is 0 Å². The standard InChI is InChI=1S/C24H29N3O6/c1-7-14(2)20(25-23(28)15-8-10-17(29-3)11-9-15)24-26-22(27-33-24)16-12-18(30-4)21(32-6)19(13-16)31-5/h8-14,20H,7H2,1-6H3,(H,25,28)/t14-,20-/m0/s1. The number of rotatable bonds is 10. The van der Waals surface area contributed by atoms with E-state index >= 15 is 0 Å². The second-order valence-corrected chi connectivity index (χ2v) is 7.44. The number of nitrogens with zero attached hydrogens (tertiary/aromatic N) is 2. The van der Waals surface area contributed by atoms with Crippen LogP contribution in [0.1, 0.15) is 42.6 Å². The SMILES string of the molecule is CC[C@H](C)[C@H](NC(=O)c1ccc(OC)cc1)c1nc(-c2cc(OC)c(OC)c(OC)c2)no1. The Morgan fingerprint density at radius 3 is 2.15 bits per heavy atom. The zero-order valence-corrected chi connectivity index (χ0v) is 19.7. The third-order valence-electron chi connectivity index (χ3n) is 5.48. The minimum atomic E-state index is -0.465. The third kappa shape index (κ3) is 5.19. The molecule has 0 saturated heterocycles. The van der Waals surface area contributed by atoms with Crippen molar-refractivity contribution >= 4 is 5.91 Å². The number of aromatic nitrogens is 2. The van der Waals surface area contributed by atoms with Crippen molar-refractivity contribution in [2.45, 2.75) is 26.3 Å². The van der Waals surface area contributed by atoms with Crippen LogP contribution in [0.25, 0.3) is 11.4 Å². The molecule has 3 rings (SSSR count). The van der Waals surface area contributed by atoms with E-state index in [4.69, 9.17) is 23.5 Å². The van der Waals surface area contributed by atoms with Crippen molar-refractivity contribution in [1.29, 1.82) is 0 Å². The second kappa shape index (κ2) is 10.7. The molecule has 9 nitrogen and oxygen atoms in total. The molecule has 0 unspecified atom stereocenters. The van der Waals surface area contributed by atoms with E-state index in [1.807, 2.05) is 13.8 Å². The lowest BCUT2D eigenvalue weighted by molar-refractivity contribution is 0.0910. The number of nitrogens with one attached hydrogen (secondary N) is 1. The molecule has 0 radical (unpaired) electrons. The van der Waals surface area contributed by atoms with Crippen LogP contribution in [0.2, 0.25) is 0 Å². The molecule has 33 heavy (non-hydrogen) atoms. The molecule has 3 aromatic rings. The first-order chi connectivity index (χ1) is 15.9. The molecule has 9 heteroatoms. The first-order valence-corrected chi connectivity index (χ1v) is 10.5. The Bertz CT molecular complexity index is 1060. The Labute approximate surface area is 193 Å². The quantitative estimate of drug-likeness (QED) is 0.483. The predicted octanol–water partition coefficient (Wildman–Crippen LogP) is 4.29. The number of benzene rings is 2. The molecule has 1 aromatic heterocycles. The Morgan fingerprint density at radius 1 is 1.00 bits per heavy atom. The monoisotopic (exact) mass is 455 g/mol. The number of hydrogen-bond donors (Lipinski definition) is 1. The molecule has 1 amide bonds. The van der Waals surface area contributed by atoms with Crippen molar-refractivity contribution in [3.63, 3.8) is 0 Å². The summed E-state index contributed by atoms with van der Waals surface area (Å²) in [5.74, 6) is 2.57. The summed E-state index contributed by atoms with van der Waals surface area (Å²) in [5.41, 5.74) is 1.14. The molecule has 0 aliphatic heterocycles. The minimum absolute atomic E-state index is 0.0560. The van der Waals surface area contributed by atoms with Crippen LogP contribution >= 0.6 is 0 Å². The largest absolute Gasteiger partial charge is 0.497 e. The van der Waals surface area contributed by atoms with Gasteiger partial charge in [-0.2, -0.15) is 4.98 Å². The highest BCUT2D eigenvalue weighted by atomic mass is 16.5. The highest BCUT2D eigenvalue weighted by Crippen LogP contribution is 2.40. The van der Waals surface area contributed by atoms with Gasteiger partial charge in [0.25, 0.3) is 5.91 Å². The molecular formula is C24H29N3O6. The highest BCUT2D eigenvalue weighted by Gasteiger charge is 2.27. The Hall–Kier alpha value is -3.75. The van der Waals surface area contributed by atoms with Gasteiger partial charge >= 0.3 is 0 Å². The van der Waals surface area contributed by atoms with Crippen molar-refractivity contribution in [3.8, 4) is 34.4 Å². The Balaban J connectivity index is 1.90. The van der Waals surface area contributed by atoms with Crippen molar-refractivity contribution < 1.29 is 28.3 Å². The van der Waals surface area contributed by atoms with E-state index < -0.39 is 6.04 Å². The smallest absolute Gasteiger partial charge is 0.251 e. The molecule has 1 N–H and O–H groups in total. The van der Waals surface area contributed by atoms with Gasteiger partial charge in [0.15, 0.2) is 11.5 Å². The number of carbonyl (C=O) groups excluding carboxylic acids is 1. The molecule has 0 saturated carbocycles. The van der Waals surface area contributed by atoms with Crippen molar-refractivity contribution in [3.05, 3.63) is 47.9 Å². The summed E-state index contributed by atoms with van der Waals surface area (Å²) in [4.78, 5) is 17.4. The molecule has 176 valence electrons. The van der Waals surface area contributed by atoms with Crippen LogP contribution in [0.3, 0.4) is 0 Å². The first-order valence-electron chi connectivity index (χ1n) is 10.5. The third-order valence-corrected chi connectivity index (χ3v) is 5.48. The van der Waals surface area contributed by atoms with Gasteiger partial charge in [-0.25, -0.2) is 0 Å². The van der Waals surface area contributed by atoms with E-state index in [-0.39, 0.29) is 11.8 Å². The predicted molar refractivity (Wildman–Crippen MR) is 122 cm³/mol. The Morgan fingerprint density at radius 2 is 1.64 bits per heavy atom. The average Bonchev–Trinajstić information content (AvgIpc) is 3.35. The zero-order chi connectivity index (χ0) is 24.0. The maximum atomic E-state index is 12.9. The van der Waals surface area contributed by atoms with Crippen molar-refractivity contribution in [2.24, 2.45) is 5.92 Å². The van der Waals surface area contributed by atoms with Gasteiger partial charge in [-0.05, 0) is 42.3 Å². The van der Waals surface area contributed by atoms with Crippen LogP contribution in [-0.4, -0.2) is 44.5 Å². The van der Waals surface area contributed by atoms with E-state index in [1.54, 1.807) is 43.5 Å². The van der Waals surface area contributed by atoms with Gasteiger partial charge in [-0.15, -0.1) is 0 Å². The van der Waals surface area contributed by atoms with Gasteiger partial charge in [0.05, 0.1) is 28.4 Å². The average molecular weight is 456 g/mol. The second-order valence-electron chi connectivity index (χ2n) is 7.44. The summed E-state index contributed by atoms with van der Waals surface area (Å²) in [6.07, 6.45) is 0.801. The molecule has 0 spiro atoms. The molecule has 0 aliphatic rings. The van der Waals surface area contributed by atoms with Crippen LogP contribution in [0, 0.1) is 5.92 Å². The van der Waals surface area contributed by atoms with Crippen LogP contribution in [0.4, 0.5) is 0 Å². The van der Waals surface area contributed by atoms with Crippen molar-refractivity contribution in [2.75, 3.05) is 28.4 Å². The molecule has 2 atom stereocenters. The van der Waals surface area contributed by atoms with E-state index in [2.05, 4.69) is 15.5 Å². The molecule has 2 aromatic carbocycles. The summed E-state index contributed by atoms with van der Waals surface area (Å²) < 4.78 is 26.9. The topological polar surface area (TPSA) is 105 Å². The fourth-order valence-corrected chi connectivity index (χ4v) is 3.34. The molecular weight excluding hydrogens is 426 g/mol. The summed E-state index contributed by atoms with van der Waals surface area (Å²) in [7, 11) is 6.19. The molecule has 1 heterocycles. The maximum Gasteiger partial charge on any atom is 0.251 e. The van der Waals surface area contributed by atoms with Gasteiger partial charge in [-0.3, -0.25) is 4.79 Å². The zero-order valence-electron chi connectivity index (χ0n) is 19.7. The molecule has 0 fully saturated rings. The highest BCUT2D eigenvalue weighted by molar-refractivity contribution is 5.94.